The zero-order valence-corrected chi connectivity index (χ0v) is 19.1. The van der Waals surface area contributed by atoms with Gasteiger partial charge >= 0.3 is 0 Å². The van der Waals surface area contributed by atoms with E-state index in [1.54, 1.807) is 12.2 Å². The van der Waals surface area contributed by atoms with E-state index in [-0.39, 0.29) is 35.1 Å². The van der Waals surface area contributed by atoms with Crippen LogP contribution in [0, 0.1) is 23.7 Å². The zero-order valence-electron chi connectivity index (χ0n) is 19.1. The fraction of sp³-hybridized carbons (Fsp3) is 0.429. The van der Waals surface area contributed by atoms with E-state index in [0.717, 1.165) is 42.6 Å². The first-order valence-corrected chi connectivity index (χ1v) is 11.9. The first-order chi connectivity index (χ1) is 16.1. The molecule has 5 heteroatoms. The molecule has 2 nitrogen and oxygen atoms in total. The average molecular weight is 453 g/mol. The van der Waals surface area contributed by atoms with Gasteiger partial charge in [0.1, 0.15) is 12.5 Å². The van der Waals surface area contributed by atoms with Gasteiger partial charge < -0.3 is 0 Å². The van der Waals surface area contributed by atoms with Crippen molar-refractivity contribution in [2.75, 3.05) is 6.67 Å². The van der Waals surface area contributed by atoms with Gasteiger partial charge in [0.25, 0.3) is 0 Å². The molecule has 0 bridgehead atoms. The van der Waals surface area contributed by atoms with Gasteiger partial charge in [0.2, 0.25) is 0 Å². The summed E-state index contributed by atoms with van der Waals surface area (Å²) in [7, 11) is 0. The molecular formula is C28H31F3N2. The van der Waals surface area contributed by atoms with E-state index in [1.165, 1.54) is 6.08 Å². The fourth-order valence-electron chi connectivity index (χ4n) is 4.99. The van der Waals surface area contributed by atoms with Gasteiger partial charge in [-0.3, -0.25) is 0 Å². The van der Waals surface area contributed by atoms with Crippen molar-refractivity contribution in [3.63, 3.8) is 0 Å². The maximum atomic E-state index is 15.0. The van der Waals surface area contributed by atoms with Crippen LogP contribution in [-0.2, 0) is 6.42 Å². The first-order valence-electron chi connectivity index (χ1n) is 11.9. The number of nitrogens with zero attached hydrogens (tertiary/aromatic N) is 2. The number of halogens is 3. The molecule has 0 aromatic carbocycles. The Bertz CT molecular complexity index is 1010. The summed E-state index contributed by atoms with van der Waals surface area (Å²) in [6, 6.07) is 0. The van der Waals surface area contributed by atoms with Crippen molar-refractivity contribution in [1.29, 1.82) is 0 Å². The number of aryl methyl sites for hydroxylation is 1. The lowest BCUT2D eigenvalue weighted by Gasteiger charge is -2.33. The molecule has 0 aliphatic heterocycles. The largest absolute Gasteiger partial charge is 0.246 e. The van der Waals surface area contributed by atoms with Crippen LogP contribution < -0.4 is 0 Å². The highest BCUT2D eigenvalue weighted by molar-refractivity contribution is 5.70. The van der Waals surface area contributed by atoms with Crippen LogP contribution in [0.15, 0.2) is 78.2 Å². The second-order valence-electron chi connectivity index (χ2n) is 9.12. The zero-order chi connectivity index (χ0) is 23.2. The maximum Gasteiger partial charge on any atom is 0.158 e. The van der Waals surface area contributed by atoms with E-state index < -0.39 is 12.5 Å². The van der Waals surface area contributed by atoms with Crippen LogP contribution in [0.4, 0.5) is 13.2 Å². The molecule has 3 aliphatic rings. The Morgan fingerprint density at radius 2 is 1.79 bits per heavy atom. The lowest BCUT2D eigenvalue weighted by Crippen LogP contribution is -2.24. The lowest BCUT2D eigenvalue weighted by molar-refractivity contribution is 0.277. The van der Waals surface area contributed by atoms with Crippen LogP contribution in [0.5, 0.6) is 0 Å². The fourth-order valence-corrected chi connectivity index (χ4v) is 4.99. The molecule has 1 heterocycles. The molecule has 174 valence electrons. The molecule has 1 aromatic rings. The highest BCUT2D eigenvalue weighted by atomic mass is 19.1. The van der Waals surface area contributed by atoms with Gasteiger partial charge in [0.05, 0.1) is 5.83 Å². The molecular weight excluding hydrogens is 421 g/mol. The number of allylic oxidation sites excluding steroid dienone is 12. The minimum Gasteiger partial charge on any atom is -0.246 e. The summed E-state index contributed by atoms with van der Waals surface area (Å²) in [5.74, 6) is -0.164. The molecule has 33 heavy (non-hydrogen) atoms. The van der Waals surface area contributed by atoms with E-state index in [0.29, 0.717) is 12.8 Å². The van der Waals surface area contributed by atoms with Crippen molar-refractivity contribution in [1.82, 2.24) is 9.97 Å². The summed E-state index contributed by atoms with van der Waals surface area (Å²) < 4.78 is 41.8. The topological polar surface area (TPSA) is 25.8 Å². The van der Waals surface area contributed by atoms with Gasteiger partial charge in [-0.15, -0.1) is 0 Å². The first kappa shape index (κ1) is 23.5. The number of hydrogen-bond donors (Lipinski definition) is 0. The molecule has 0 fully saturated rings. The van der Waals surface area contributed by atoms with Crippen molar-refractivity contribution in [3.05, 3.63) is 89.6 Å². The molecule has 0 amide bonds. The molecule has 4 rings (SSSR count). The van der Waals surface area contributed by atoms with Gasteiger partial charge in [-0.25, -0.2) is 23.1 Å². The molecule has 0 saturated carbocycles. The van der Waals surface area contributed by atoms with E-state index in [2.05, 4.69) is 28.2 Å². The van der Waals surface area contributed by atoms with Gasteiger partial charge in [-0.2, -0.15) is 0 Å². The second kappa shape index (κ2) is 11.0. The summed E-state index contributed by atoms with van der Waals surface area (Å²) in [5.41, 5.74) is 2.21. The van der Waals surface area contributed by atoms with Crippen LogP contribution in [0.1, 0.15) is 50.4 Å². The summed E-state index contributed by atoms with van der Waals surface area (Å²) in [5, 5.41) is 0. The Morgan fingerprint density at radius 3 is 2.42 bits per heavy atom. The third-order valence-electron chi connectivity index (χ3n) is 6.98. The second-order valence-corrected chi connectivity index (χ2v) is 9.12. The van der Waals surface area contributed by atoms with Crippen LogP contribution in [0.2, 0.25) is 0 Å². The Balaban J connectivity index is 1.35. The Kier molecular flexibility index (Phi) is 7.79. The Morgan fingerprint density at radius 1 is 1.00 bits per heavy atom. The van der Waals surface area contributed by atoms with Gasteiger partial charge in [-0.05, 0) is 80.9 Å². The number of alkyl halides is 1. The third-order valence-corrected chi connectivity index (χ3v) is 6.98. The van der Waals surface area contributed by atoms with Gasteiger partial charge in [0.15, 0.2) is 5.82 Å². The predicted octanol–water partition coefficient (Wildman–Crippen LogP) is 7.59. The SMILES string of the molecule is C/C=C/CCc1cnc(C2=CCC(C3C=C(F)C(C4C=C(F)C(CF)=CC4)CC3)C=C2)nc1. The van der Waals surface area contributed by atoms with Gasteiger partial charge in [0, 0.05) is 29.5 Å². The van der Waals surface area contributed by atoms with Crippen molar-refractivity contribution < 1.29 is 13.2 Å². The summed E-state index contributed by atoms with van der Waals surface area (Å²) >= 11 is 0. The summed E-state index contributed by atoms with van der Waals surface area (Å²) in [4.78, 5) is 9.04. The van der Waals surface area contributed by atoms with Crippen LogP contribution in [-0.4, -0.2) is 16.6 Å². The standard InChI is InChI=1S/C28H31F3N2/c1-2-3-4-5-19-17-32-28(33-18-19)21-8-6-20(7-9-21)22-12-13-25(27(31)14-22)23-10-11-24(16-29)26(30)15-23/h2-3,6,8-9,11,14-15,17-18,20,22-23,25H,4-5,7,10,12-13,16H2,1H3/b3-2+. The molecule has 1 aromatic heterocycles. The molecule has 4 atom stereocenters. The van der Waals surface area contributed by atoms with Gasteiger partial charge in [-0.1, -0.05) is 36.5 Å². The maximum absolute atomic E-state index is 15.0. The van der Waals surface area contributed by atoms with E-state index in [9.17, 15) is 13.2 Å². The third kappa shape index (κ3) is 5.63. The smallest absolute Gasteiger partial charge is 0.158 e. The van der Waals surface area contributed by atoms with Crippen molar-refractivity contribution in [3.8, 4) is 0 Å². The molecule has 0 spiro atoms. The van der Waals surface area contributed by atoms with Crippen LogP contribution in [0.3, 0.4) is 0 Å². The lowest BCUT2D eigenvalue weighted by atomic mass is 9.72. The van der Waals surface area contributed by atoms with E-state index in [1.807, 2.05) is 31.5 Å². The van der Waals surface area contributed by atoms with E-state index in [4.69, 9.17) is 0 Å². The Hall–Kier alpha value is -2.69. The summed E-state index contributed by atoms with van der Waals surface area (Å²) in [6.07, 6.45) is 23.8. The monoisotopic (exact) mass is 452 g/mol. The number of hydrogen-bond acceptors (Lipinski definition) is 2. The minimum absolute atomic E-state index is 0.0894. The summed E-state index contributed by atoms with van der Waals surface area (Å²) in [6.45, 7) is 1.21. The Labute approximate surface area is 194 Å². The number of rotatable bonds is 7. The van der Waals surface area contributed by atoms with Crippen LogP contribution in [0.25, 0.3) is 5.57 Å². The molecule has 0 N–H and O–H groups in total. The van der Waals surface area contributed by atoms with Crippen LogP contribution >= 0.6 is 0 Å². The minimum atomic E-state index is -0.810. The highest BCUT2D eigenvalue weighted by Crippen LogP contribution is 2.43. The number of aromatic nitrogens is 2. The quantitative estimate of drug-likeness (QED) is 0.398. The van der Waals surface area contributed by atoms with Crippen molar-refractivity contribution in [2.24, 2.45) is 23.7 Å². The molecule has 0 saturated heterocycles. The van der Waals surface area contributed by atoms with E-state index >= 15 is 0 Å². The normalized spacial score (nSPS) is 27.8. The van der Waals surface area contributed by atoms with Crippen molar-refractivity contribution in [2.45, 2.75) is 45.4 Å². The highest BCUT2D eigenvalue weighted by Gasteiger charge is 2.33. The van der Waals surface area contributed by atoms with Crippen molar-refractivity contribution >= 4 is 5.57 Å². The predicted molar refractivity (Wildman–Crippen MR) is 127 cm³/mol. The average Bonchev–Trinajstić information content (AvgIpc) is 2.85. The molecule has 0 radical (unpaired) electrons. The molecule has 4 unspecified atom stereocenters. The molecule has 3 aliphatic carbocycles.